The van der Waals surface area contributed by atoms with Crippen molar-refractivity contribution in [2.45, 2.75) is 29.6 Å². The summed E-state index contributed by atoms with van der Waals surface area (Å²) in [6.07, 6.45) is -0.633. The second-order valence-electron chi connectivity index (χ2n) is 5.75. The van der Waals surface area contributed by atoms with Crippen molar-refractivity contribution in [3.05, 3.63) is 29.8 Å². The van der Waals surface area contributed by atoms with Crippen LogP contribution in [0, 0.1) is 0 Å². The Labute approximate surface area is 156 Å². The summed E-state index contributed by atoms with van der Waals surface area (Å²) in [4.78, 5) is 35.9. The molecule has 0 unspecified atom stereocenters. The Hall–Kier alpha value is -2.07. The number of sulfone groups is 1. The number of ether oxygens (including phenoxy) is 1. The highest BCUT2D eigenvalue weighted by Crippen LogP contribution is 2.33. The molecule has 1 aliphatic rings. The van der Waals surface area contributed by atoms with Gasteiger partial charge in [0, 0.05) is 17.2 Å². The maximum atomic E-state index is 12.4. The van der Waals surface area contributed by atoms with Crippen molar-refractivity contribution in [2.75, 3.05) is 18.6 Å². The number of carbonyl (C=O) groups is 3. The Morgan fingerprint density at radius 2 is 1.96 bits per heavy atom. The highest BCUT2D eigenvalue weighted by atomic mass is 32.2. The monoisotopic (exact) mass is 400 g/mol. The smallest absolute Gasteiger partial charge is 0.340 e. The molecule has 2 atom stereocenters. The molecule has 1 aromatic rings. The van der Waals surface area contributed by atoms with Gasteiger partial charge in [-0.2, -0.15) is 0 Å². The fourth-order valence-corrected chi connectivity index (χ4v) is 5.94. The van der Waals surface area contributed by atoms with E-state index in [1.807, 2.05) is 5.32 Å². The van der Waals surface area contributed by atoms with Crippen LogP contribution in [0.15, 0.2) is 29.2 Å². The minimum absolute atomic E-state index is 0.0754. The van der Waals surface area contributed by atoms with Crippen molar-refractivity contribution in [3.8, 4) is 0 Å². The van der Waals surface area contributed by atoms with E-state index in [0.29, 0.717) is 11.3 Å². The summed E-state index contributed by atoms with van der Waals surface area (Å²) >= 11 is 1.31. The van der Waals surface area contributed by atoms with Gasteiger partial charge in [-0.3, -0.25) is 10.1 Å². The van der Waals surface area contributed by atoms with Gasteiger partial charge in [0.25, 0.3) is 5.91 Å². The molecule has 3 amide bonds. The first kappa shape index (κ1) is 20.2. The van der Waals surface area contributed by atoms with Gasteiger partial charge >= 0.3 is 12.0 Å². The van der Waals surface area contributed by atoms with E-state index in [1.165, 1.54) is 25.7 Å². The van der Waals surface area contributed by atoms with Crippen molar-refractivity contribution in [1.82, 2.24) is 10.6 Å². The molecule has 8 nitrogen and oxygen atoms in total. The summed E-state index contributed by atoms with van der Waals surface area (Å²) in [7, 11) is -1.66. The van der Waals surface area contributed by atoms with E-state index in [2.05, 4.69) is 5.32 Å². The second kappa shape index (κ2) is 8.54. The molecule has 0 radical (unpaired) electrons. The first-order chi connectivity index (χ1) is 12.2. The van der Waals surface area contributed by atoms with E-state index < -0.39 is 33.8 Å². The average Bonchev–Trinajstić information content (AvgIpc) is 2.93. The van der Waals surface area contributed by atoms with Crippen LogP contribution in [-0.4, -0.2) is 56.2 Å². The number of nitrogens with one attached hydrogen (secondary N) is 2. The average molecular weight is 400 g/mol. The van der Waals surface area contributed by atoms with Crippen LogP contribution in [-0.2, 0) is 19.4 Å². The zero-order valence-electron chi connectivity index (χ0n) is 14.4. The fourth-order valence-electron chi connectivity index (χ4n) is 2.33. The summed E-state index contributed by atoms with van der Waals surface area (Å²) in [5.74, 6) is -1.24. The summed E-state index contributed by atoms with van der Waals surface area (Å²) in [5, 5.41) is 4.14. The van der Waals surface area contributed by atoms with Gasteiger partial charge in [0.1, 0.15) is 0 Å². The lowest BCUT2D eigenvalue weighted by atomic mass is 10.2. The maximum absolute atomic E-state index is 12.4. The third-order valence-electron chi connectivity index (χ3n) is 3.71. The van der Waals surface area contributed by atoms with Crippen LogP contribution >= 0.6 is 11.8 Å². The zero-order valence-corrected chi connectivity index (χ0v) is 16.0. The summed E-state index contributed by atoms with van der Waals surface area (Å²) < 4.78 is 28.3. The van der Waals surface area contributed by atoms with Crippen LogP contribution in [0.4, 0.5) is 4.79 Å². The third-order valence-corrected chi connectivity index (χ3v) is 7.03. The van der Waals surface area contributed by atoms with Crippen LogP contribution in [0.5, 0.6) is 0 Å². The van der Waals surface area contributed by atoms with Crippen molar-refractivity contribution in [3.63, 3.8) is 0 Å². The number of hydrogen-bond acceptors (Lipinski definition) is 7. The molecular formula is C16H20N2O6S2. The molecular weight excluding hydrogens is 380 g/mol. The summed E-state index contributed by atoms with van der Waals surface area (Å²) in [6.45, 7) is 1.36. The number of imide groups is 1. The van der Waals surface area contributed by atoms with Gasteiger partial charge in [-0.15, -0.1) is 11.8 Å². The van der Waals surface area contributed by atoms with Crippen LogP contribution < -0.4 is 10.6 Å². The lowest BCUT2D eigenvalue weighted by molar-refractivity contribution is -0.127. The Morgan fingerprint density at radius 1 is 1.27 bits per heavy atom. The van der Waals surface area contributed by atoms with Crippen LogP contribution in [0.25, 0.3) is 0 Å². The lowest BCUT2D eigenvalue weighted by Gasteiger charge is -2.15. The summed E-state index contributed by atoms with van der Waals surface area (Å²) in [5.41, 5.74) is 0.251. The molecule has 142 valence electrons. The number of esters is 1. The quantitative estimate of drug-likeness (QED) is 0.707. The number of hydrogen-bond donors (Lipinski definition) is 2. The van der Waals surface area contributed by atoms with E-state index in [1.54, 1.807) is 24.3 Å². The highest BCUT2D eigenvalue weighted by molar-refractivity contribution is 8.02. The number of thioether (sulfide) groups is 1. The molecule has 2 rings (SSSR count). The topological polar surface area (TPSA) is 119 Å². The van der Waals surface area contributed by atoms with E-state index in [0.717, 1.165) is 0 Å². The molecule has 26 heavy (non-hydrogen) atoms. The van der Waals surface area contributed by atoms with Crippen LogP contribution in [0.3, 0.4) is 0 Å². The molecule has 10 heteroatoms. The third kappa shape index (κ3) is 5.46. The van der Waals surface area contributed by atoms with Gasteiger partial charge in [0.05, 0.1) is 17.1 Å². The van der Waals surface area contributed by atoms with Gasteiger partial charge in [0.15, 0.2) is 15.9 Å². The van der Waals surface area contributed by atoms with Crippen LogP contribution in [0.1, 0.15) is 23.7 Å². The van der Waals surface area contributed by atoms with E-state index in [-0.39, 0.29) is 22.3 Å². The SMILES string of the molecule is CNC(=O)NC(=O)[C@@H](C)OC(=O)c1ccccc1S[C@H]1CCS(=O)(=O)C1. The number of benzene rings is 1. The normalized spacial score (nSPS) is 19.4. The van der Waals surface area contributed by atoms with Gasteiger partial charge < -0.3 is 10.1 Å². The van der Waals surface area contributed by atoms with Gasteiger partial charge in [-0.05, 0) is 25.5 Å². The molecule has 1 fully saturated rings. The predicted octanol–water partition coefficient (Wildman–Crippen LogP) is 0.967. The van der Waals surface area contributed by atoms with Crippen molar-refractivity contribution in [2.24, 2.45) is 0 Å². The molecule has 0 bridgehead atoms. The first-order valence-corrected chi connectivity index (χ1v) is 10.6. The van der Waals surface area contributed by atoms with Crippen molar-refractivity contribution >= 4 is 39.5 Å². The Morgan fingerprint density at radius 3 is 2.58 bits per heavy atom. The van der Waals surface area contributed by atoms with Gasteiger partial charge in [-0.25, -0.2) is 18.0 Å². The molecule has 0 aliphatic carbocycles. The lowest BCUT2D eigenvalue weighted by Crippen LogP contribution is -2.43. The molecule has 2 N–H and O–H groups in total. The standard InChI is InChI=1S/C16H20N2O6S2/c1-10(14(19)18-16(21)17-2)24-15(20)12-5-3-4-6-13(12)25-11-7-8-26(22,23)9-11/h3-6,10-11H,7-9H2,1-2H3,(H2,17,18,19,21)/t10-,11+/m1/s1. The Bertz CT molecular complexity index is 809. The van der Waals surface area contributed by atoms with E-state index in [9.17, 15) is 22.8 Å². The maximum Gasteiger partial charge on any atom is 0.340 e. The van der Waals surface area contributed by atoms with Crippen LogP contribution in [0.2, 0.25) is 0 Å². The molecule has 1 aromatic carbocycles. The fraction of sp³-hybridized carbons (Fsp3) is 0.438. The molecule has 0 spiro atoms. The van der Waals surface area contributed by atoms with E-state index >= 15 is 0 Å². The minimum Gasteiger partial charge on any atom is -0.449 e. The van der Waals surface area contributed by atoms with Crippen molar-refractivity contribution < 1.29 is 27.5 Å². The first-order valence-electron chi connectivity index (χ1n) is 7.91. The highest BCUT2D eigenvalue weighted by Gasteiger charge is 2.30. The second-order valence-corrected chi connectivity index (χ2v) is 9.33. The number of rotatable bonds is 5. The Kier molecular flexibility index (Phi) is 6.65. The number of urea groups is 1. The van der Waals surface area contributed by atoms with E-state index in [4.69, 9.17) is 4.74 Å². The predicted molar refractivity (Wildman–Crippen MR) is 96.8 cm³/mol. The van der Waals surface area contributed by atoms with Crippen molar-refractivity contribution in [1.29, 1.82) is 0 Å². The minimum atomic E-state index is -3.02. The molecule has 1 heterocycles. The number of carbonyl (C=O) groups excluding carboxylic acids is 3. The Balaban J connectivity index is 2.05. The molecule has 1 aliphatic heterocycles. The molecule has 1 saturated heterocycles. The largest absolute Gasteiger partial charge is 0.449 e. The molecule has 0 saturated carbocycles. The summed E-state index contributed by atoms with van der Waals surface area (Å²) in [6, 6.07) is 5.96. The van der Waals surface area contributed by atoms with Gasteiger partial charge in [-0.1, -0.05) is 12.1 Å². The zero-order chi connectivity index (χ0) is 19.3. The number of amides is 3. The molecule has 0 aromatic heterocycles. The van der Waals surface area contributed by atoms with Gasteiger partial charge in [0.2, 0.25) is 0 Å².